The zero-order valence-electron chi connectivity index (χ0n) is 28.2. The van der Waals surface area contributed by atoms with Crippen LogP contribution in [0.5, 0.6) is 0 Å². The molecule has 2 aromatic rings. The average Bonchev–Trinajstić information content (AvgIpc) is 3.24. The monoisotopic (exact) mass is 640 g/mol. The highest BCUT2D eigenvalue weighted by Gasteiger charge is 2.44. The standard InChI is InChI=1S/C34H49FN6O5/c1-22-16-38(27(17-37-12-13-45-20-23(37)2)18-39(22)32(44)46-33(3,4)5)19-29(42)40-21-34(6,7)30-28(40)15-25(31(43)41(30)36)14-24-8-10-26(35)11-9-24/h8-11,15,22-23,27H,12-14,16-21,36H2,1-7H3/t22-,23-,27+/m1/s1. The van der Waals surface area contributed by atoms with Crippen LogP contribution < -0.4 is 16.3 Å². The lowest BCUT2D eigenvalue weighted by Crippen LogP contribution is -2.64. The highest BCUT2D eigenvalue weighted by atomic mass is 19.1. The van der Waals surface area contributed by atoms with Gasteiger partial charge in [0.2, 0.25) is 5.91 Å². The van der Waals surface area contributed by atoms with E-state index in [1.807, 2.05) is 41.5 Å². The van der Waals surface area contributed by atoms with Gasteiger partial charge in [0, 0.05) is 68.2 Å². The Morgan fingerprint density at radius 3 is 2.43 bits per heavy atom. The molecule has 4 heterocycles. The van der Waals surface area contributed by atoms with Gasteiger partial charge in [0.15, 0.2) is 0 Å². The molecule has 0 radical (unpaired) electrons. The molecule has 46 heavy (non-hydrogen) atoms. The van der Waals surface area contributed by atoms with Crippen LogP contribution in [0.1, 0.15) is 65.3 Å². The number of nitrogens with two attached hydrogens (primary N) is 1. The van der Waals surface area contributed by atoms with Crippen LogP contribution in [0.25, 0.3) is 0 Å². The number of anilines is 1. The van der Waals surface area contributed by atoms with Crippen LogP contribution in [0.3, 0.4) is 0 Å². The molecule has 0 aliphatic carbocycles. The molecule has 2 fully saturated rings. The molecule has 3 atom stereocenters. The molecule has 2 amide bonds. The van der Waals surface area contributed by atoms with Crippen molar-refractivity contribution in [3.8, 4) is 0 Å². The Hall–Kier alpha value is -3.48. The molecule has 11 nitrogen and oxygen atoms in total. The maximum atomic E-state index is 14.3. The Kier molecular flexibility index (Phi) is 9.54. The molecule has 0 unspecified atom stereocenters. The van der Waals surface area contributed by atoms with E-state index < -0.39 is 11.0 Å². The molecule has 3 aliphatic heterocycles. The van der Waals surface area contributed by atoms with Gasteiger partial charge in [-0.3, -0.25) is 19.4 Å². The van der Waals surface area contributed by atoms with Crippen molar-refractivity contribution >= 4 is 17.7 Å². The first-order valence-electron chi connectivity index (χ1n) is 16.2. The molecule has 2 N–H and O–H groups in total. The van der Waals surface area contributed by atoms with Crippen LogP contribution in [0.2, 0.25) is 0 Å². The number of halogens is 1. The van der Waals surface area contributed by atoms with Crippen LogP contribution in [-0.2, 0) is 26.1 Å². The van der Waals surface area contributed by atoms with Gasteiger partial charge in [0.1, 0.15) is 11.4 Å². The number of rotatable bonds is 6. The SMILES string of the molecule is C[C@@H]1COCCN1C[C@H]1CN(C(=O)OC(C)(C)C)[C@H](C)CN1CC(=O)N1CC(C)(C)c2c1cc(Cc1ccc(F)cc1)c(=O)n2N. The summed E-state index contributed by atoms with van der Waals surface area (Å²) < 4.78 is 26.1. The lowest BCUT2D eigenvalue weighted by atomic mass is 9.90. The van der Waals surface area contributed by atoms with Crippen LogP contribution in [0.15, 0.2) is 35.1 Å². The van der Waals surface area contributed by atoms with Gasteiger partial charge in [-0.2, -0.15) is 0 Å². The van der Waals surface area contributed by atoms with Crippen molar-refractivity contribution in [3.63, 3.8) is 0 Å². The second-order valence-corrected chi connectivity index (χ2v) is 14.7. The number of morpholine rings is 1. The fourth-order valence-electron chi connectivity index (χ4n) is 6.89. The maximum Gasteiger partial charge on any atom is 0.410 e. The predicted octanol–water partition coefficient (Wildman–Crippen LogP) is 2.95. The highest BCUT2D eigenvalue weighted by Crippen LogP contribution is 2.40. The Labute approximate surface area is 271 Å². The second-order valence-electron chi connectivity index (χ2n) is 14.7. The normalized spacial score (nSPS) is 23.8. The Bertz CT molecular complexity index is 1500. The van der Waals surface area contributed by atoms with Crippen molar-refractivity contribution in [1.82, 2.24) is 19.4 Å². The van der Waals surface area contributed by atoms with Crippen LogP contribution in [-0.4, -0.2) is 108 Å². The number of ether oxygens (including phenoxy) is 2. The van der Waals surface area contributed by atoms with E-state index in [0.717, 1.165) is 12.1 Å². The number of piperazine rings is 1. The zero-order chi connectivity index (χ0) is 33.6. The van der Waals surface area contributed by atoms with E-state index in [9.17, 15) is 18.8 Å². The number of aromatic nitrogens is 1. The van der Waals surface area contributed by atoms with E-state index >= 15 is 0 Å². The summed E-state index contributed by atoms with van der Waals surface area (Å²) in [4.78, 5) is 48.9. The summed E-state index contributed by atoms with van der Waals surface area (Å²) in [5.41, 5.74) is 0.917. The van der Waals surface area contributed by atoms with E-state index in [2.05, 4.69) is 16.7 Å². The largest absolute Gasteiger partial charge is 0.444 e. The predicted molar refractivity (Wildman–Crippen MR) is 175 cm³/mol. The number of amides is 2. The van der Waals surface area contributed by atoms with Crippen LogP contribution >= 0.6 is 0 Å². The number of hydrogen-bond acceptors (Lipinski definition) is 8. The molecule has 3 aliphatic rings. The summed E-state index contributed by atoms with van der Waals surface area (Å²) in [7, 11) is 0. The number of benzene rings is 1. The topological polar surface area (TPSA) is 114 Å². The number of fused-ring (bicyclic) bond motifs is 1. The summed E-state index contributed by atoms with van der Waals surface area (Å²) in [6.07, 6.45) is -0.0912. The number of carbonyl (C=O) groups is 2. The first kappa shape index (κ1) is 33.9. The van der Waals surface area contributed by atoms with Gasteiger partial charge in [-0.1, -0.05) is 26.0 Å². The first-order valence-corrected chi connectivity index (χ1v) is 16.2. The number of nitrogen functional groups attached to an aromatic ring is 1. The smallest absolute Gasteiger partial charge is 0.410 e. The van der Waals surface area contributed by atoms with Crippen LogP contribution in [0.4, 0.5) is 14.9 Å². The number of hydrogen-bond donors (Lipinski definition) is 1. The third-order valence-corrected chi connectivity index (χ3v) is 9.25. The quantitative estimate of drug-likeness (QED) is 0.480. The molecule has 0 spiro atoms. The maximum absolute atomic E-state index is 14.3. The third-order valence-electron chi connectivity index (χ3n) is 9.25. The number of carbonyl (C=O) groups excluding carboxylic acids is 2. The molecule has 0 bridgehead atoms. The zero-order valence-corrected chi connectivity index (χ0v) is 28.2. The van der Waals surface area contributed by atoms with Gasteiger partial charge >= 0.3 is 6.09 Å². The second kappa shape index (κ2) is 13.0. The van der Waals surface area contributed by atoms with E-state index in [1.54, 1.807) is 28.0 Å². The minimum atomic E-state index is -0.618. The summed E-state index contributed by atoms with van der Waals surface area (Å²) in [5.74, 6) is 5.96. The lowest BCUT2D eigenvalue weighted by molar-refractivity contribution is -0.121. The molecule has 252 valence electrons. The van der Waals surface area contributed by atoms with Gasteiger partial charge in [0.05, 0.1) is 31.1 Å². The van der Waals surface area contributed by atoms with Gasteiger partial charge in [0.25, 0.3) is 5.56 Å². The van der Waals surface area contributed by atoms with Crippen molar-refractivity contribution in [1.29, 1.82) is 0 Å². The van der Waals surface area contributed by atoms with E-state index in [4.69, 9.17) is 15.3 Å². The fourth-order valence-corrected chi connectivity index (χ4v) is 6.89. The Morgan fingerprint density at radius 1 is 1.09 bits per heavy atom. The van der Waals surface area contributed by atoms with Crippen LogP contribution in [0, 0.1) is 5.82 Å². The molecular formula is C34H49FN6O5. The minimum absolute atomic E-state index is 0.101. The average molecular weight is 641 g/mol. The lowest BCUT2D eigenvalue weighted by Gasteiger charge is -2.47. The summed E-state index contributed by atoms with van der Waals surface area (Å²) >= 11 is 0. The Balaban J connectivity index is 1.41. The molecule has 12 heteroatoms. The van der Waals surface area contributed by atoms with Crippen molar-refractivity contribution in [2.75, 3.05) is 63.2 Å². The minimum Gasteiger partial charge on any atom is -0.444 e. The summed E-state index contributed by atoms with van der Waals surface area (Å²) in [5, 5.41) is 0. The molecule has 1 aromatic heterocycles. The summed E-state index contributed by atoms with van der Waals surface area (Å²) in [6, 6.07) is 7.72. The van der Waals surface area contributed by atoms with E-state index in [1.165, 1.54) is 16.8 Å². The van der Waals surface area contributed by atoms with E-state index in [-0.39, 0.29) is 54.5 Å². The Morgan fingerprint density at radius 2 is 1.78 bits per heavy atom. The van der Waals surface area contributed by atoms with Crippen molar-refractivity contribution < 1.29 is 23.5 Å². The number of nitrogens with zero attached hydrogens (tertiary/aromatic N) is 5. The summed E-state index contributed by atoms with van der Waals surface area (Å²) in [6.45, 7) is 17.8. The third kappa shape index (κ3) is 7.24. The molecule has 5 rings (SSSR count). The first-order chi connectivity index (χ1) is 21.5. The van der Waals surface area contributed by atoms with Gasteiger partial charge in [-0.05, 0) is 58.4 Å². The fraction of sp³-hybridized carbons (Fsp3) is 0.618. The molecule has 2 saturated heterocycles. The molecular weight excluding hydrogens is 591 g/mol. The van der Waals surface area contributed by atoms with Crippen molar-refractivity contribution in [2.24, 2.45) is 0 Å². The van der Waals surface area contributed by atoms with E-state index in [0.29, 0.717) is 56.3 Å². The molecule has 1 aromatic carbocycles. The highest BCUT2D eigenvalue weighted by molar-refractivity contribution is 5.97. The van der Waals surface area contributed by atoms with Gasteiger partial charge < -0.3 is 25.1 Å². The van der Waals surface area contributed by atoms with Crippen molar-refractivity contribution in [2.45, 2.75) is 84.0 Å². The van der Waals surface area contributed by atoms with Crippen molar-refractivity contribution in [3.05, 3.63) is 63.3 Å². The molecule has 0 saturated carbocycles. The van der Waals surface area contributed by atoms with Gasteiger partial charge in [-0.25, -0.2) is 13.9 Å². The number of pyridine rings is 1. The van der Waals surface area contributed by atoms with Gasteiger partial charge in [-0.15, -0.1) is 0 Å².